The summed E-state index contributed by atoms with van der Waals surface area (Å²) in [5, 5.41) is 10.2. The molecule has 0 spiro atoms. The molecule has 1 saturated heterocycles. The Bertz CT molecular complexity index is 861. The molecular formula is C19H24N4O4. The van der Waals surface area contributed by atoms with Crippen molar-refractivity contribution in [2.24, 2.45) is 7.05 Å². The largest absolute Gasteiger partial charge is 0.493 e. The lowest BCUT2D eigenvalue weighted by Gasteiger charge is -2.33. The summed E-state index contributed by atoms with van der Waals surface area (Å²) < 4.78 is 12.2. The number of carbonyl (C=O) groups is 2. The maximum atomic E-state index is 12.7. The van der Waals surface area contributed by atoms with E-state index in [4.69, 9.17) is 9.47 Å². The molecule has 0 saturated carbocycles. The minimum atomic E-state index is -0.355. The third-order valence-electron chi connectivity index (χ3n) is 4.74. The molecule has 2 atom stereocenters. The third-order valence-corrected chi connectivity index (χ3v) is 4.74. The van der Waals surface area contributed by atoms with Gasteiger partial charge in [-0.2, -0.15) is 5.10 Å². The molecule has 1 aliphatic rings. The second-order valence-corrected chi connectivity index (χ2v) is 6.58. The summed E-state index contributed by atoms with van der Waals surface area (Å²) in [6.45, 7) is 1.80. The summed E-state index contributed by atoms with van der Waals surface area (Å²) in [7, 11) is 4.90. The van der Waals surface area contributed by atoms with Crippen molar-refractivity contribution in [1.29, 1.82) is 0 Å². The maximum Gasteiger partial charge on any atom is 0.255 e. The minimum absolute atomic E-state index is 0.0437. The summed E-state index contributed by atoms with van der Waals surface area (Å²) in [6, 6.07) is 4.88. The minimum Gasteiger partial charge on any atom is -0.493 e. The Kier molecular flexibility index (Phi) is 5.34. The van der Waals surface area contributed by atoms with Crippen LogP contribution in [-0.2, 0) is 11.8 Å². The fourth-order valence-electron chi connectivity index (χ4n) is 3.39. The van der Waals surface area contributed by atoms with Gasteiger partial charge in [0.1, 0.15) is 0 Å². The van der Waals surface area contributed by atoms with Gasteiger partial charge in [0.2, 0.25) is 5.91 Å². The van der Waals surface area contributed by atoms with Crippen molar-refractivity contribution < 1.29 is 19.1 Å². The van der Waals surface area contributed by atoms with Crippen molar-refractivity contribution >= 4 is 11.8 Å². The number of hydrogen-bond donors (Lipinski definition) is 2. The fraction of sp³-hybridized carbons (Fsp3) is 0.421. The number of hydrogen-bond acceptors (Lipinski definition) is 5. The lowest BCUT2D eigenvalue weighted by molar-refractivity contribution is -0.123. The molecule has 3 rings (SSSR count). The van der Waals surface area contributed by atoms with E-state index in [1.54, 1.807) is 45.1 Å². The van der Waals surface area contributed by atoms with Crippen molar-refractivity contribution in [3.63, 3.8) is 0 Å². The molecule has 1 aliphatic heterocycles. The fourth-order valence-corrected chi connectivity index (χ4v) is 3.39. The van der Waals surface area contributed by atoms with Crippen molar-refractivity contribution in [3.05, 3.63) is 41.2 Å². The smallest absolute Gasteiger partial charge is 0.255 e. The van der Waals surface area contributed by atoms with Gasteiger partial charge in [0, 0.05) is 19.7 Å². The SMILES string of the molecule is COc1ccc(C2NC(=O)CCC2NC(=O)c2cn(C)nc2C)cc1OC. The molecule has 27 heavy (non-hydrogen) atoms. The molecule has 2 N–H and O–H groups in total. The van der Waals surface area contributed by atoms with E-state index in [9.17, 15) is 9.59 Å². The zero-order chi connectivity index (χ0) is 19.6. The van der Waals surface area contributed by atoms with E-state index in [2.05, 4.69) is 15.7 Å². The van der Waals surface area contributed by atoms with Crippen molar-refractivity contribution in [2.75, 3.05) is 14.2 Å². The van der Waals surface area contributed by atoms with Crippen molar-refractivity contribution in [3.8, 4) is 11.5 Å². The number of amides is 2. The third kappa shape index (κ3) is 3.89. The second kappa shape index (κ2) is 7.69. The lowest BCUT2D eigenvalue weighted by atomic mass is 9.91. The van der Waals surface area contributed by atoms with Gasteiger partial charge in [-0.25, -0.2) is 0 Å². The zero-order valence-electron chi connectivity index (χ0n) is 15.9. The molecule has 2 amide bonds. The van der Waals surface area contributed by atoms with Crippen LogP contribution in [-0.4, -0.2) is 41.9 Å². The van der Waals surface area contributed by atoms with Crippen LogP contribution in [0.15, 0.2) is 24.4 Å². The molecule has 0 bridgehead atoms. The first kappa shape index (κ1) is 18.8. The highest BCUT2D eigenvalue weighted by atomic mass is 16.5. The number of rotatable bonds is 5. The Morgan fingerprint density at radius 3 is 2.67 bits per heavy atom. The highest BCUT2D eigenvalue weighted by Crippen LogP contribution is 2.33. The number of ether oxygens (including phenoxy) is 2. The Labute approximate surface area is 157 Å². The molecule has 0 aliphatic carbocycles. The van der Waals surface area contributed by atoms with Gasteiger partial charge in [-0.15, -0.1) is 0 Å². The van der Waals surface area contributed by atoms with Crippen LogP contribution in [0.5, 0.6) is 11.5 Å². The Morgan fingerprint density at radius 1 is 1.30 bits per heavy atom. The van der Waals surface area contributed by atoms with Crippen LogP contribution < -0.4 is 20.1 Å². The summed E-state index contributed by atoms with van der Waals surface area (Å²) >= 11 is 0. The molecule has 8 heteroatoms. The van der Waals surface area contributed by atoms with Crippen LogP contribution in [0.3, 0.4) is 0 Å². The van der Waals surface area contributed by atoms with Crippen molar-refractivity contribution in [2.45, 2.75) is 31.8 Å². The van der Waals surface area contributed by atoms with E-state index in [1.165, 1.54) is 0 Å². The number of piperidine rings is 1. The molecule has 8 nitrogen and oxygen atoms in total. The van der Waals surface area contributed by atoms with Gasteiger partial charge < -0.3 is 20.1 Å². The van der Waals surface area contributed by atoms with E-state index in [0.29, 0.717) is 35.6 Å². The van der Waals surface area contributed by atoms with Gasteiger partial charge in [0.05, 0.1) is 37.6 Å². The van der Waals surface area contributed by atoms with Crippen LogP contribution in [0, 0.1) is 6.92 Å². The number of nitrogens with zero attached hydrogens (tertiary/aromatic N) is 2. The van der Waals surface area contributed by atoms with Gasteiger partial charge in [-0.1, -0.05) is 6.07 Å². The van der Waals surface area contributed by atoms with Crippen LogP contribution in [0.1, 0.15) is 40.5 Å². The molecule has 2 aromatic rings. The predicted molar refractivity (Wildman–Crippen MR) is 98.9 cm³/mol. The van der Waals surface area contributed by atoms with Crippen LogP contribution in [0.25, 0.3) is 0 Å². The number of nitrogens with one attached hydrogen (secondary N) is 2. The average Bonchev–Trinajstić information content (AvgIpc) is 3.00. The first-order valence-electron chi connectivity index (χ1n) is 8.75. The summed E-state index contributed by atoms with van der Waals surface area (Å²) in [5.74, 6) is 0.933. The predicted octanol–water partition coefficient (Wildman–Crippen LogP) is 1.50. The number of benzene rings is 1. The Balaban J connectivity index is 1.86. The van der Waals surface area contributed by atoms with E-state index in [-0.39, 0.29) is 23.9 Å². The molecule has 2 heterocycles. The molecule has 1 aromatic carbocycles. The standard InChI is InChI=1S/C19H24N4O4/c1-11-13(10-23(2)22-11)19(25)20-14-6-8-17(24)21-18(14)12-5-7-15(26-3)16(9-12)27-4/h5,7,9-10,14,18H,6,8H2,1-4H3,(H,20,25)(H,21,24). The highest BCUT2D eigenvalue weighted by molar-refractivity contribution is 5.95. The first-order chi connectivity index (χ1) is 12.9. The number of methoxy groups -OCH3 is 2. The molecule has 144 valence electrons. The highest BCUT2D eigenvalue weighted by Gasteiger charge is 2.32. The number of aryl methyl sites for hydroxylation is 2. The quantitative estimate of drug-likeness (QED) is 0.829. The topological polar surface area (TPSA) is 94.5 Å². The van der Waals surface area contributed by atoms with E-state index < -0.39 is 0 Å². The van der Waals surface area contributed by atoms with Crippen LogP contribution >= 0.6 is 0 Å². The molecule has 1 aromatic heterocycles. The van der Waals surface area contributed by atoms with Gasteiger partial charge in [0.15, 0.2) is 11.5 Å². The molecular weight excluding hydrogens is 348 g/mol. The normalized spacial score (nSPS) is 19.3. The number of carbonyl (C=O) groups excluding carboxylic acids is 2. The van der Waals surface area contributed by atoms with Crippen LogP contribution in [0.2, 0.25) is 0 Å². The van der Waals surface area contributed by atoms with Gasteiger partial charge >= 0.3 is 0 Å². The summed E-state index contributed by atoms with van der Waals surface area (Å²) in [4.78, 5) is 24.7. The first-order valence-corrected chi connectivity index (χ1v) is 8.75. The second-order valence-electron chi connectivity index (χ2n) is 6.58. The van der Waals surface area contributed by atoms with Crippen molar-refractivity contribution in [1.82, 2.24) is 20.4 Å². The van der Waals surface area contributed by atoms with E-state index in [0.717, 1.165) is 5.56 Å². The summed E-state index contributed by atoms with van der Waals surface area (Å²) in [5.41, 5.74) is 2.03. The summed E-state index contributed by atoms with van der Waals surface area (Å²) in [6.07, 6.45) is 2.61. The van der Waals surface area contributed by atoms with E-state index >= 15 is 0 Å². The van der Waals surface area contributed by atoms with Crippen LogP contribution in [0.4, 0.5) is 0 Å². The lowest BCUT2D eigenvalue weighted by Crippen LogP contribution is -2.50. The monoisotopic (exact) mass is 372 g/mol. The average molecular weight is 372 g/mol. The zero-order valence-corrected chi connectivity index (χ0v) is 15.9. The van der Waals surface area contributed by atoms with E-state index in [1.807, 2.05) is 12.1 Å². The molecule has 1 fully saturated rings. The number of aromatic nitrogens is 2. The maximum absolute atomic E-state index is 12.7. The molecule has 0 radical (unpaired) electrons. The Hall–Kier alpha value is -3.03. The van der Waals surface area contributed by atoms with Gasteiger partial charge in [-0.05, 0) is 31.0 Å². The molecule has 2 unspecified atom stereocenters. The van der Waals surface area contributed by atoms with Gasteiger partial charge in [0.25, 0.3) is 5.91 Å². The Morgan fingerprint density at radius 2 is 2.04 bits per heavy atom. The van der Waals surface area contributed by atoms with Gasteiger partial charge in [-0.3, -0.25) is 14.3 Å².